The Morgan fingerprint density at radius 2 is 1.23 bits per heavy atom. The van der Waals surface area contributed by atoms with E-state index in [-0.39, 0.29) is 0 Å². The van der Waals surface area contributed by atoms with Crippen LogP contribution in [0.15, 0.2) is 59.1 Å². The molecule has 0 radical (unpaired) electrons. The first kappa shape index (κ1) is 16.4. The number of hydrogen-bond acceptors (Lipinski definition) is 4. The zero-order valence-corrected chi connectivity index (χ0v) is 15.1. The molecule has 2 amide bonds. The molecule has 3 aromatic carbocycles. The number of rotatable bonds is 2. The van der Waals surface area contributed by atoms with Gasteiger partial charge in [0.25, 0.3) is 11.8 Å². The van der Waals surface area contributed by atoms with Gasteiger partial charge in [0.15, 0.2) is 0 Å². The van der Waals surface area contributed by atoms with Gasteiger partial charge in [0.05, 0.1) is 5.56 Å². The van der Waals surface area contributed by atoms with E-state index in [1.54, 1.807) is 42.5 Å². The molecule has 0 unspecified atom stereocenters. The first-order valence-electron chi connectivity index (χ1n) is 7.89. The molecule has 2 bridgehead atoms. The van der Waals surface area contributed by atoms with Gasteiger partial charge in [-0.25, -0.2) is 0 Å². The van der Waals surface area contributed by atoms with Crippen molar-refractivity contribution in [1.29, 1.82) is 0 Å². The second-order valence-electron chi connectivity index (χ2n) is 6.06. The van der Waals surface area contributed by atoms with E-state index >= 15 is 0 Å². The van der Waals surface area contributed by atoms with Gasteiger partial charge < -0.3 is 11.5 Å². The van der Waals surface area contributed by atoms with Crippen LogP contribution in [0.25, 0.3) is 22.3 Å². The number of anilines is 2. The largest absolute Gasteiger partial charge is 0.399 e. The molecule has 5 N–H and O–H groups in total. The molecule has 5 nitrogen and oxygen atoms in total. The Bertz CT molecular complexity index is 1060. The van der Waals surface area contributed by atoms with Crippen LogP contribution in [0.3, 0.4) is 0 Å². The van der Waals surface area contributed by atoms with E-state index in [1.165, 1.54) is 0 Å². The fourth-order valence-corrected chi connectivity index (χ4v) is 3.83. The maximum absolute atomic E-state index is 12.6. The van der Waals surface area contributed by atoms with Crippen LogP contribution in [0.2, 0.25) is 0 Å². The van der Waals surface area contributed by atoms with Crippen LogP contribution in [0, 0.1) is 0 Å². The lowest BCUT2D eigenvalue weighted by Gasteiger charge is -2.23. The van der Waals surface area contributed by atoms with Crippen LogP contribution in [0.5, 0.6) is 0 Å². The van der Waals surface area contributed by atoms with E-state index in [9.17, 15) is 9.59 Å². The van der Waals surface area contributed by atoms with E-state index in [0.717, 1.165) is 16.7 Å². The summed E-state index contributed by atoms with van der Waals surface area (Å²) in [7, 11) is 0. The first-order valence-corrected chi connectivity index (χ1v) is 8.69. The van der Waals surface area contributed by atoms with Crippen molar-refractivity contribution in [2.24, 2.45) is 0 Å². The standard InChI is InChI=1S/C20H14BrN3O2/c21-18-14(10-1-5-12(22)6-2-10)9-15-16(11-3-7-13(23)8-4-11)17(18)20(26)24-19(15)25/h1-9H,22-23H2,(H,24,25,26). The zero-order valence-electron chi connectivity index (χ0n) is 13.5. The van der Waals surface area contributed by atoms with E-state index in [0.29, 0.717) is 32.5 Å². The lowest BCUT2D eigenvalue weighted by atomic mass is 9.87. The molecule has 128 valence electrons. The third-order valence-corrected chi connectivity index (χ3v) is 5.21. The molecule has 1 aliphatic heterocycles. The number of nitrogen functional groups attached to an aromatic ring is 2. The average molecular weight is 408 g/mol. The zero-order chi connectivity index (χ0) is 18.4. The molecule has 0 aromatic heterocycles. The molecule has 0 saturated carbocycles. The minimum Gasteiger partial charge on any atom is -0.399 e. The van der Waals surface area contributed by atoms with Gasteiger partial charge in [-0.1, -0.05) is 24.3 Å². The number of amides is 2. The molecule has 4 rings (SSSR count). The number of nitrogens with two attached hydrogens (primary N) is 2. The molecule has 0 atom stereocenters. The Labute approximate surface area is 158 Å². The minimum absolute atomic E-state index is 0.418. The van der Waals surface area contributed by atoms with Crippen LogP contribution < -0.4 is 16.8 Å². The number of carbonyl (C=O) groups excluding carboxylic acids is 2. The summed E-state index contributed by atoms with van der Waals surface area (Å²) in [5.74, 6) is -0.850. The SMILES string of the molecule is Nc1ccc(-c2cc3c(-c4ccc(N)cc4)c(c2Br)C(=O)NC3=O)cc1. The second kappa shape index (κ2) is 6.00. The van der Waals surface area contributed by atoms with Crippen LogP contribution in [0.4, 0.5) is 11.4 Å². The molecule has 1 heterocycles. The van der Waals surface area contributed by atoms with Crippen LogP contribution in [0.1, 0.15) is 20.7 Å². The molecular formula is C20H14BrN3O2. The van der Waals surface area contributed by atoms with Crippen molar-refractivity contribution in [2.75, 3.05) is 11.5 Å². The van der Waals surface area contributed by atoms with Crippen molar-refractivity contribution in [3.8, 4) is 22.3 Å². The molecule has 3 aromatic rings. The normalized spacial score (nSPS) is 12.8. The van der Waals surface area contributed by atoms with Gasteiger partial charge >= 0.3 is 0 Å². The Hall–Kier alpha value is -3.12. The van der Waals surface area contributed by atoms with Crippen molar-refractivity contribution in [3.63, 3.8) is 0 Å². The third kappa shape index (κ3) is 2.55. The summed E-state index contributed by atoms with van der Waals surface area (Å²) in [5.41, 5.74) is 16.6. The number of benzene rings is 3. The molecule has 6 heteroatoms. The van der Waals surface area contributed by atoms with Crippen molar-refractivity contribution >= 4 is 39.1 Å². The average Bonchev–Trinajstić information content (AvgIpc) is 2.62. The predicted molar refractivity (Wildman–Crippen MR) is 106 cm³/mol. The van der Waals surface area contributed by atoms with Gasteiger partial charge in [-0.2, -0.15) is 0 Å². The van der Waals surface area contributed by atoms with Gasteiger partial charge in [-0.15, -0.1) is 0 Å². The highest BCUT2D eigenvalue weighted by molar-refractivity contribution is 9.10. The molecule has 0 aliphatic carbocycles. The van der Waals surface area contributed by atoms with Crippen molar-refractivity contribution in [2.45, 2.75) is 0 Å². The fourth-order valence-electron chi connectivity index (χ4n) is 3.11. The van der Waals surface area contributed by atoms with Gasteiger partial charge in [0.1, 0.15) is 0 Å². The smallest absolute Gasteiger partial charge is 0.259 e. The number of nitrogens with one attached hydrogen (secondary N) is 1. The van der Waals surface area contributed by atoms with Gasteiger partial charge in [-0.05, 0) is 63.0 Å². The first-order chi connectivity index (χ1) is 12.5. The lowest BCUT2D eigenvalue weighted by molar-refractivity contribution is 0.0841. The highest BCUT2D eigenvalue weighted by atomic mass is 79.9. The summed E-state index contributed by atoms with van der Waals surface area (Å²) in [6.45, 7) is 0. The fraction of sp³-hybridized carbons (Fsp3) is 0. The van der Waals surface area contributed by atoms with E-state index in [1.807, 2.05) is 12.1 Å². The molecular weight excluding hydrogens is 394 g/mol. The van der Waals surface area contributed by atoms with Gasteiger partial charge in [-0.3, -0.25) is 14.9 Å². The second-order valence-corrected chi connectivity index (χ2v) is 6.86. The molecule has 1 aliphatic rings. The highest BCUT2D eigenvalue weighted by Gasteiger charge is 2.32. The summed E-state index contributed by atoms with van der Waals surface area (Å²) < 4.78 is 0.628. The van der Waals surface area contributed by atoms with Crippen LogP contribution in [-0.2, 0) is 0 Å². The summed E-state index contributed by atoms with van der Waals surface area (Å²) in [6.07, 6.45) is 0. The third-order valence-electron chi connectivity index (χ3n) is 4.38. The number of imide groups is 1. The Morgan fingerprint density at radius 3 is 1.81 bits per heavy atom. The van der Waals surface area contributed by atoms with Crippen molar-refractivity contribution in [1.82, 2.24) is 5.32 Å². The van der Waals surface area contributed by atoms with Gasteiger partial charge in [0, 0.05) is 27.0 Å². The molecule has 0 fully saturated rings. The molecule has 0 saturated heterocycles. The maximum atomic E-state index is 12.6. The number of carbonyl (C=O) groups is 2. The summed E-state index contributed by atoms with van der Waals surface area (Å²) in [5, 5.41) is 2.39. The molecule has 26 heavy (non-hydrogen) atoms. The number of fused-ring (bicyclic) bond motifs is 2. The van der Waals surface area contributed by atoms with Crippen molar-refractivity contribution in [3.05, 3.63) is 70.2 Å². The monoisotopic (exact) mass is 407 g/mol. The predicted octanol–water partition coefficient (Wildman–Crippen LogP) is 3.83. The van der Waals surface area contributed by atoms with E-state index in [2.05, 4.69) is 21.2 Å². The van der Waals surface area contributed by atoms with E-state index in [4.69, 9.17) is 11.5 Å². The summed E-state index contributed by atoms with van der Waals surface area (Å²) in [6, 6.07) is 16.2. The Morgan fingerprint density at radius 1 is 0.692 bits per heavy atom. The van der Waals surface area contributed by atoms with Crippen LogP contribution >= 0.6 is 15.9 Å². The van der Waals surface area contributed by atoms with Crippen LogP contribution in [-0.4, -0.2) is 11.8 Å². The topological polar surface area (TPSA) is 98.2 Å². The minimum atomic E-state index is -0.432. The Balaban J connectivity index is 2.02. The van der Waals surface area contributed by atoms with Crippen molar-refractivity contribution < 1.29 is 9.59 Å². The maximum Gasteiger partial charge on any atom is 0.259 e. The van der Waals surface area contributed by atoms with Gasteiger partial charge in [0.2, 0.25) is 0 Å². The number of hydrogen-bond donors (Lipinski definition) is 3. The number of halogens is 1. The Kier molecular flexibility index (Phi) is 3.77. The molecule has 0 spiro atoms. The van der Waals surface area contributed by atoms with E-state index < -0.39 is 11.8 Å². The summed E-state index contributed by atoms with van der Waals surface area (Å²) in [4.78, 5) is 25.1. The summed E-state index contributed by atoms with van der Waals surface area (Å²) >= 11 is 3.56. The highest BCUT2D eigenvalue weighted by Crippen LogP contribution is 2.41. The lowest BCUT2D eigenvalue weighted by Crippen LogP contribution is -2.36. The quantitative estimate of drug-likeness (QED) is 0.443.